The quantitative estimate of drug-likeness (QED) is 0.375. The Kier molecular flexibility index (Phi) is 9.46. The van der Waals surface area contributed by atoms with Gasteiger partial charge in [0.2, 0.25) is 11.8 Å². The molecule has 0 bridgehead atoms. The first-order valence-electron chi connectivity index (χ1n) is 13.4. The first-order valence-corrected chi connectivity index (χ1v) is 14.9. The molecule has 0 aliphatic heterocycles. The summed E-state index contributed by atoms with van der Waals surface area (Å²) in [6.07, 6.45) is 0. The fraction of sp³-hybridized carbons (Fsp3) is 0.375. The SMILES string of the molecule is Cc1ccc(CN(C(=O)CN(c2cccc(C)c2C)S(=O)(=O)c2ccc(C)cc2)[C@H](C)C(=O)NC(C)(C)C)cc1. The van der Waals surface area contributed by atoms with Crippen molar-refractivity contribution in [1.29, 1.82) is 0 Å². The molecule has 40 heavy (non-hydrogen) atoms. The van der Waals surface area contributed by atoms with E-state index in [1.165, 1.54) is 9.21 Å². The number of hydrogen-bond donors (Lipinski definition) is 1. The van der Waals surface area contributed by atoms with Crippen LogP contribution in [0.5, 0.6) is 0 Å². The lowest BCUT2D eigenvalue weighted by Crippen LogP contribution is -2.54. The van der Waals surface area contributed by atoms with Gasteiger partial charge in [-0.1, -0.05) is 59.7 Å². The molecule has 2 amide bonds. The fourth-order valence-electron chi connectivity index (χ4n) is 4.30. The van der Waals surface area contributed by atoms with Gasteiger partial charge in [-0.3, -0.25) is 13.9 Å². The molecule has 0 aliphatic rings. The number of aryl methyl sites for hydroxylation is 3. The molecular formula is C32H41N3O4S. The number of carbonyl (C=O) groups is 2. The van der Waals surface area contributed by atoms with Gasteiger partial charge in [0.15, 0.2) is 0 Å². The Bertz CT molecular complexity index is 1460. The van der Waals surface area contributed by atoms with Crippen LogP contribution in [0.1, 0.15) is 55.5 Å². The van der Waals surface area contributed by atoms with Crippen molar-refractivity contribution in [3.05, 3.63) is 94.5 Å². The Labute approximate surface area is 239 Å². The number of nitrogens with one attached hydrogen (secondary N) is 1. The second kappa shape index (κ2) is 12.3. The smallest absolute Gasteiger partial charge is 0.264 e. The Morgan fingerprint density at radius 1 is 0.850 bits per heavy atom. The molecule has 8 heteroatoms. The third-order valence-corrected chi connectivity index (χ3v) is 8.65. The van der Waals surface area contributed by atoms with Gasteiger partial charge >= 0.3 is 0 Å². The van der Waals surface area contributed by atoms with Gasteiger partial charge < -0.3 is 10.2 Å². The average Bonchev–Trinajstić information content (AvgIpc) is 2.87. The molecule has 0 fully saturated rings. The third-order valence-electron chi connectivity index (χ3n) is 6.87. The van der Waals surface area contributed by atoms with Gasteiger partial charge in [-0.05, 0) is 90.3 Å². The summed E-state index contributed by atoms with van der Waals surface area (Å²) in [7, 11) is -4.11. The van der Waals surface area contributed by atoms with Crippen LogP contribution in [-0.4, -0.2) is 43.3 Å². The minimum Gasteiger partial charge on any atom is -0.350 e. The lowest BCUT2D eigenvalue weighted by atomic mass is 10.1. The lowest BCUT2D eigenvalue weighted by molar-refractivity contribution is -0.140. The molecule has 3 rings (SSSR count). The van der Waals surface area contributed by atoms with Crippen molar-refractivity contribution >= 4 is 27.5 Å². The van der Waals surface area contributed by atoms with Crippen LogP contribution in [0, 0.1) is 27.7 Å². The van der Waals surface area contributed by atoms with Crippen LogP contribution >= 0.6 is 0 Å². The predicted molar refractivity (Wildman–Crippen MR) is 161 cm³/mol. The highest BCUT2D eigenvalue weighted by Crippen LogP contribution is 2.29. The van der Waals surface area contributed by atoms with Crippen molar-refractivity contribution < 1.29 is 18.0 Å². The topological polar surface area (TPSA) is 86.8 Å². The molecule has 0 spiro atoms. The van der Waals surface area contributed by atoms with Crippen molar-refractivity contribution in [3.8, 4) is 0 Å². The second-order valence-corrected chi connectivity index (χ2v) is 13.3. The van der Waals surface area contributed by atoms with Gasteiger partial charge in [0.1, 0.15) is 12.6 Å². The average molecular weight is 564 g/mol. The van der Waals surface area contributed by atoms with Gasteiger partial charge in [-0.2, -0.15) is 0 Å². The summed E-state index contributed by atoms with van der Waals surface area (Å²) in [5.41, 5.74) is 4.44. The van der Waals surface area contributed by atoms with Crippen molar-refractivity contribution in [2.75, 3.05) is 10.8 Å². The van der Waals surface area contributed by atoms with Gasteiger partial charge in [-0.25, -0.2) is 8.42 Å². The minimum absolute atomic E-state index is 0.0930. The van der Waals surface area contributed by atoms with E-state index < -0.39 is 34.1 Å². The summed E-state index contributed by atoms with van der Waals surface area (Å²) in [5.74, 6) is -0.790. The van der Waals surface area contributed by atoms with Gasteiger partial charge in [0.25, 0.3) is 10.0 Å². The highest BCUT2D eigenvalue weighted by molar-refractivity contribution is 7.92. The van der Waals surface area contributed by atoms with E-state index in [9.17, 15) is 18.0 Å². The number of rotatable bonds is 9. The van der Waals surface area contributed by atoms with Crippen LogP contribution in [0.3, 0.4) is 0 Å². The minimum atomic E-state index is -4.11. The number of amides is 2. The molecule has 3 aromatic rings. The molecule has 0 saturated heterocycles. The maximum atomic E-state index is 14.1. The molecule has 1 N–H and O–H groups in total. The molecule has 0 saturated carbocycles. The molecule has 0 radical (unpaired) electrons. The maximum absolute atomic E-state index is 14.1. The Hall–Kier alpha value is -3.65. The Balaban J connectivity index is 2.08. The summed E-state index contributed by atoms with van der Waals surface area (Å²) < 4.78 is 29.2. The van der Waals surface area contributed by atoms with E-state index in [0.29, 0.717) is 5.69 Å². The van der Waals surface area contributed by atoms with Gasteiger partial charge in [0.05, 0.1) is 10.6 Å². The monoisotopic (exact) mass is 563 g/mol. The zero-order valence-electron chi connectivity index (χ0n) is 24.8. The molecule has 0 unspecified atom stereocenters. The number of benzene rings is 3. The van der Waals surface area contributed by atoms with Gasteiger partial charge in [-0.15, -0.1) is 0 Å². The lowest BCUT2D eigenvalue weighted by Gasteiger charge is -2.34. The number of hydrogen-bond acceptors (Lipinski definition) is 4. The molecule has 7 nitrogen and oxygen atoms in total. The van der Waals surface area contributed by atoms with Crippen LogP contribution in [0.25, 0.3) is 0 Å². The highest BCUT2D eigenvalue weighted by atomic mass is 32.2. The number of sulfonamides is 1. The molecule has 3 aromatic carbocycles. The predicted octanol–water partition coefficient (Wildman–Crippen LogP) is 5.45. The second-order valence-electron chi connectivity index (χ2n) is 11.5. The standard InChI is InChI=1S/C32H41N3O4S/c1-22-12-16-27(17-13-22)20-34(26(5)31(37)33-32(6,7)8)30(36)21-35(29-11-9-10-24(3)25(29)4)40(38,39)28-18-14-23(2)15-19-28/h9-19,26H,20-21H2,1-8H3,(H,33,37)/t26-/m1/s1. The molecule has 1 atom stereocenters. The van der Waals surface area contributed by atoms with Crippen LogP contribution in [-0.2, 0) is 26.2 Å². The zero-order valence-corrected chi connectivity index (χ0v) is 25.6. The van der Waals surface area contributed by atoms with Gasteiger partial charge in [0, 0.05) is 12.1 Å². The normalized spacial score (nSPS) is 12.5. The van der Waals surface area contributed by atoms with Crippen molar-refractivity contribution in [2.24, 2.45) is 0 Å². The van der Waals surface area contributed by atoms with E-state index in [2.05, 4.69) is 5.32 Å². The van der Waals surface area contributed by atoms with Crippen LogP contribution < -0.4 is 9.62 Å². The largest absolute Gasteiger partial charge is 0.350 e. The van der Waals surface area contributed by atoms with Crippen LogP contribution in [0.2, 0.25) is 0 Å². The van der Waals surface area contributed by atoms with E-state index >= 15 is 0 Å². The van der Waals surface area contributed by atoms with E-state index in [0.717, 1.165) is 27.8 Å². The molecule has 0 heterocycles. The summed E-state index contributed by atoms with van der Waals surface area (Å²) >= 11 is 0. The summed E-state index contributed by atoms with van der Waals surface area (Å²) in [4.78, 5) is 28.8. The van der Waals surface area contributed by atoms with E-state index in [4.69, 9.17) is 0 Å². The van der Waals surface area contributed by atoms with E-state index in [1.54, 1.807) is 43.3 Å². The zero-order chi connectivity index (χ0) is 29.8. The summed E-state index contributed by atoms with van der Waals surface area (Å²) in [6.45, 7) is 14.6. The Morgan fingerprint density at radius 3 is 1.95 bits per heavy atom. The van der Waals surface area contributed by atoms with Crippen LogP contribution in [0.15, 0.2) is 71.6 Å². The van der Waals surface area contributed by atoms with Crippen molar-refractivity contribution in [3.63, 3.8) is 0 Å². The molecule has 0 aliphatic carbocycles. The molecule has 0 aromatic heterocycles. The Morgan fingerprint density at radius 2 is 1.40 bits per heavy atom. The third kappa shape index (κ3) is 7.50. The van der Waals surface area contributed by atoms with Crippen LogP contribution in [0.4, 0.5) is 5.69 Å². The van der Waals surface area contributed by atoms with E-state index in [-0.39, 0.29) is 17.3 Å². The van der Waals surface area contributed by atoms with Crippen molar-refractivity contribution in [2.45, 2.75) is 78.4 Å². The molecule has 214 valence electrons. The number of carbonyl (C=O) groups excluding carboxylic acids is 2. The highest BCUT2D eigenvalue weighted by Gasteiger charge is 2.34. The fourth-order valence-corrected chi connectivity index (χ4v) is 5.78. The molecular weight excluding hydrogens is 522 g/mol. The van der Waals surface area contributed by atoms with E-state index in [1.807, 2.05) is 78.8 Å². The number of nitrogens with zero attached hydrogens (tertiary/aromatic N) is 2. The maximum Gasteiger partial charge on any atom is 0.264 e. The summed E-state index contributed by atoms with van der Waals surface area (Å²) in [5, 5.41) is 2.95. The first kappa shape index (κ1) is 30.9. The summed E-state index contributed by atoms with van der Waals surface area (Å²) in [6, 6.07) is 18.8. The van der Waals surface area contributed by atoms with Crippen molar-refractivity contribution in [1.82, 2.24) is 10.2 Å². The first-order chi connectivity index (χ1) is 18.6. The number of anilines is 1.